The summed E-state index contributed by atoms with van der Waals surface area (Å²) in [6.07, 6.45) is -5.04. The molecular weight excluding hydrogens is 355 g/mol. The molecule has 0 bridgehead atoms. The standard InChI is InChI=1S/C7HBr2F5O/c8-4-2(10)1-3(11)6(5(4)9)15-7(12,13)14/h1H. The van der Waals surface area contributed by atoms with Crippen LogP contribution in [0, 0.1) is 11.6 Å². The van der Waals surface area contributed by atoms with Gasteiger partial charge in [0.25, 0.3) is 0 Å². The van der Waals surface area contributed by atoms with Gasteiger partial charge in [-0.2, -0.15) is 0 Å². The SMILES string of the molecule is Fc1cc(F)c(OC(F)(F)F)c(Br)c1Br. The fourth-order valence-electron chi connectivity index (χ4n) is 0.759. The van der Waals surface area contributed by atoms with Crippen molar-refractivity contribution in [1.82, 2.24) is 0 Å². The number of hydrogen-bond donors (Lipinski definition) is 0. The van der Waals surface area contributed by atoms with E-state index >= 15 is 0 Å². The summed E-state index contributed by atoms with van der Waals surface area (Å²) in [6, 6.07) is 0.288. The van der Waals surface area contributed by atoms with Crippen LogP contribution < -0.4 is 4.74 Å². The van der Waals surface area contributed by atoms with Gasteiger partial charge in [0.1, 0.15) is 5.82 Å². The molecule has 1 rings (SSSR count). The minimum Gasteiger partial charge on any atom is -0.401 e. The molecule has 0 saturated carbocycles. The van der Waals surface area contributed by atoms with Gasteiger partial charge in [-0.05, 0) is 31.9 Å². The Labute approximate surface area is 97.5 Å². The van der Waals surface area contributed by atoms with E-state index in [9.17, 15) is 22.0 Å². The van der Waals surface area contributed by atoms with Gasteiger partial charge in [0, 0.05) is 6.07 Å². The first-order chi connectivity index (χ1) is 6.72. The molecule has 0 aromatic heterocycles. The number of alkyl halides is 3. The van der Waals surface area contributed by atoms with Gasteiger partial charge in [-0.1, -0.05) is 0 Å². The summed E-state index contributed by atoms with van der Waals surface area (Å²) >= 11 is 5.22. The second-order valence-corrected chi connectivity index (χ2v) is 3.93. The maximum atomic E-state index is 12.9. The molecule has 1 aromatic rings. The third kappa shape index (κ3) is 3.04. The van der Waals surface area contributed by atoms with Gasteiger partial charge in [-0.25, -0.2) is 8.78 Å². The highest BCUT2D eigenvalue weighted by atomic mass is 79.9. The van der Waals surface area contributed by atoms with Crippen LogP contribution in [-0.4, -0.2) is 6.36 Å². The van der Waals surface area contributed by atoms with Crippen molar-refractivity contribution >= 4 is 31.9 Å². The monoisotopic (exact) mass is 354 g/mol. The highest BCUT2D eigenvalue weighted by Crippen LogP contribution is 2.39. The Morgan fingerprint density at radius 2 is 1.53 bits per heavy atom. The third-order valence-corrected chi connectivity index (χ3v) is 3.35. The lowest BCUT2D eigenvalue weighted by Gasteiger charge is -2.12. The molecule has 0 aliphatic heterocycles. The van der Waals surface area contributed by atoms with Crippen LogP contribution >= 0.6 is 31.9 Å². The zero-order valence-electron chi connectivity index (χ0n) is 6.63. The van der Waals surface area contributed by atoms with E-state index in [0.717, 1.165) is 0 Å². The van der Waals surface area contributed by atoms with Crippen molar-refractivity contribution in [1.29, 1.82) is 0 Å². The lowest BCUT2D eigenvalue weighted by atomic mass is 10.3. The van der Waals surface area contributed by atoms with E-state index in [-0.39, 0.29) is 10.5 Å². The highest BCUT2D eigenvalue weighted by Gasteiger charge is 2.34. The van der Waals surface area contributed by atoms with E-state index in [2.05, 4.69) is 36.6 Å². The van der Waals surface area contributed by atoms with Crippen molar-refractivity contribution in [2.24, 2.45) is 0 Å². The van der Waals surface area contributed by atoms with Gasteiger partial charge in [0.05, 0.1) is 8.95 Å². The topological polar surface area (TPSA) is 9.23 Å². The Morgan fingerprint density at radius 1 is 1.00 bits per heavy atom. The van der Waals surface area contributed by atoms with Crippen LogP contribution in [-0.2, 0) is 0 Å². The molecule has 1 nitrogen and oxygen atoms in total. The molecule has 0 N–H and O–H groups in total. The second-order valence-electron chi connectivity index (χ2n) is 2.35. The number of halogens is 7. The van der Waals surface area contributed by atoms with Crippen LogP contribution in [0.5, 0.6) is 5.75 Å². The Balaban J connectivity index is 3.24. The van der Waals surface area contributed by atoms with Crippen LogP contribution in [0.2, 0.25) is 0 Å². The van der Waals surface area contributed by atoms with Gasteiger partial charge in [0.2, 0.25) is 0 Å². The summed E-state index contributed by atoms with van der Waals surface area (Å²) < 4.78 is 63.7. The second kappa shape index (κ2) is 4.25. The van der Waals surface area contributed by atoms with Crippen molar-refractivity contribution in [2.45, 2.75) is 6.36 Å². The minimum absolute atomic E-state index is 0.288. The lowest BCUT2D eigenvalue weighted by molar-refractivity contribution is -0.275. The molecule has 0 radical (unpaired) electrons. The molecule has 1 aromatic carbocycles. The molecule has 0 fully saturated rings. The van der Waals surface area contributed by atoms with Gasteiger partial charge < -0.3 is 4.74 Å². The number of rotatable bonds is 1. The zero-order chi connectivity index (χ0) is 11.8. The maximum Gasteiger partial charge on any atom is 0.573 e. The number of hydrogen-bond acceptors (Lipinski definition) is 1. The molecule has 15 heavy (non-hydrogen) atoms. The minimum atomic E-state index is -5.04. The van der Waals surface area contributed by atoms with E-state index < -0.39 is 28.2 Å². The molecule has 0 aliphatic carbocycles. The lowest BCUT2D eigenvalue weighted by Crippen LogP contribution is -2.18. The molecule has 0 atom stereocenters. The first kappa shape index (κ1) is 12.7. The molecule has 0 spiro atoms. The maximum absolute atomic E-state index is 12.9. The van der Waals surface area contributed by atoms with E-state index in [1.165, 1.54) is 0 Å². The summed E-state index contributed by atoms with van der Waals surface area (Å²) in [5.41, 5.74) is 0. The van der Waals surface area contributed by atoms with Crippen LogP contribution in [0.25, 0.3) is 0 Å². The quantitative estimate of drug-likeness (QED) is 0.412. The molecule has 84 valence electrons. The van der Waals surface area contributed by atoms with Crippen molar-refractivity contribution in [2.75, 3.05) is 0 Å². The van der Waals surface area contributed by atoms with Gasteiger partial charge in [0.15, 0.2) is 11.6 Å². The fourth-order valence-corrected chi connectivity index (χ4v) is 1.51. The van der Waals surface area contributed by atoms with Crippen LogP contribution in [0.15, 0.2) is 15.0 Å². The largest absolute Gasteiger partial charge is 0.573 e. The predicted octanol–water partition coefficient (Wildman–Crippen LogP) is 4.39. The van der Waals surface area contributed by atoms with Crippen molar-refractivity contribution in [3.63, 3.8) is 0 Å². The third-order valence-electron chi connectivity index (χ3n) is 1.29. The molecule has 8 heteroatoms. The van der Waals surface area contributed by atoms with Crippen LogP contribution in [0.4, 0.5) is 22.0 Å². The Morgan fingerprint density at radius 3 is 2.00 bits per heavy atom. The Hall–Kier alpha value is -0.370. The summed E-state index contributed by atoms with van der Waals surface area (Å²) in [7, 11) is 0. The van der Waals surface area contributed by atoms with Gasteiger partial charge in [-0.15, -0.1) is 13.2 Å². The molecule has 0 heterocycles. The Kier molecular flexibility index (Phi) is 3.59. The van der Waals surface area contributed by atoms with E-state index in [4.69, 9.17) is 0 Å². The average molecular weight is 356 g/mol. The summed E-state index contributed by atoms with van der Waals surface area (Å²) in [4.78, 5) is 0. The summed E-state index contributed by atoms with van der Waals surface area (Å²) in [5.74, 6) is -3.59. The predicted molar refractivity (Wildman–Crippen MR) is 48.4 cm³/mol. The smallest absolute Gasteiger partial charge is 0.401 e. The van der Waals surface area contributed by atoms with E-state index in [0.29, 0.717) is 0 Å². The van der Waals surface area contributed by atoms with E-state index in [1.807, 2.05) is 0 Å². The first-order valence-electron chi connectivity index (χ1n) is 3.31. The molecule has 0 amide bonds. The van der Waals surface area contributed by atoms with Gasteiger partial charge >= 0.3 is 6.36 Å². The van der Waals surface area contributed by atoms with Crippen molar-refractivity contribution < 1.29 is 26.7 Å². The zero-order valence-corrected chi connectivity index (χ0v) is 9.80. The van der Waals surface area contributed by atoms with Crippen LogP contribution in [0.1, 0.15) is 0 Å². The van der Waals surface area contributed by atoms with Crippen molar-refractivity contribution in [3.8, 4) is 5.75 Å². The molecular formula is C7HBr2F5O. The first-order valence-corrected chi connectivity index (χ1v) is 4.89. The van der Waals surface area contributed by atoms with Crippen molar-refractivity contribution in [3.05, 3.63) is 26.6 Å². The Bertz CT molecular complexity index is 390. The highest BCUT2D eigenvalue weighted by molar-refractivity contribution is 9.13. The summed E-state index contributed by atoms with van der Waals surface area (Å²) in [6.45, 7) is 0. The number of benzene rings is 1. The molecule has 0 unspecified atom stereocenters. The normalized spacial score (nSPS) is 11.7. The summed E-state index contributed by atoms with van der Waals surface area (Å²) in [5, 5.41) is 0. The fraction of sp³-hybridized carbons (Fsp3) is 0.143. The average Bonchev–Trinajstić information content (AvgIpc) is 2.07. The molecule has 0 aliphatic rings. The van der Waals surface area contributed by atoms with Crippen LogP contribution in [0.3, 0.4) is 0 Å². The molecule has 0 saturated heterocycles. The number of ether oxygens (including phenoxy) is 1. The van der Waals surface area contributed by atoms with Gasteiger partial charge in [-0.3, -0.25) is 0 Å². The van der Waals surface area contributed by atoms with E-state index in [1.54, 1.807) is 0 Å².